The summed E-state index contributed by atoms with van der Waals surface area (Å²) in [4.78, 5) is 9.58. The van der Waals surface area contributed by atoms with Gasteiger partial charge in [0.2, 0.25) is 5.88 Å². The zero-order valence-corrected chi connectivity index (χ0v) is 26.3. The minimum Gasteiger partial charge on any atom is -0.543 e. The number of benzene rings is 1. The molecule has 0 N–H and O–H groups in total. The number of hydrogen-bond acceptors (Lipinski definition) is 5. The molecule has 6 heteroatoms. The van der Waals surface area contributed by atoms with Crippen LogP contribution >= 0.6 is 0 Å². The molecule has 0 aliphatic heterocycles. The molecule has 0 aliphatic rings. The van der Waals surface area contributed by atoms with Gasteiger partial charge in [-0.15, -0.1) is 0 Å². The molecule has 0 atom stereocenters. The number of hydrogen-bond donors (Lipinski definition) is 0. The molecule has 0 spiro atoms. The summed E-state index contributed by atoms with van der Waals surface area (Å²) in [5, 5.41) is 0.153. The lowest BCUT2D eigenvalue weighted by Crippen LogP contribution is -2.44. The van der Waals surface area contributed by atoms with Gasteiger partial charge in [0.15, 0.2) is 0 Å². The van der Waals surface area contributed by atoms with Gasteiger partial charge < -0.3 is 13.9 Å². The zero-order valence-electron chi connectivity index (χ0n) is 25.3. The molecule has 208 valence electrons. The van der Waals surface area contributed by atoms with Gasteiger partial charge in [0.25, 0.3) is 8.32 Å². The van der Waals surface area contributed by atoms with Crippen LogP contribution in [0.3, 0.4) is 0 Å². The molecule has 0 saturated carbocycles. The third-order valence-corrected chi connectivity index (χ3v) is 11.7. The van der Waals surface area contributed by atoms with Gasteiger partial charge >= 0.3 is 0 Å². The standard InChI is InChI=1S/C31H52N2O3Si/c1-11-14-17-28-27(30(33-23(4)32-28)35-19-18-34-8)22-24-20-25(15-12-2)29(26(21-24)16-13-3)36-37(9,10)31(5,6)7/h20-21H,11-19,22H2,1-10H3. The van der Waals surface area contributed by atoms with Crippen LogP contribution in [0.5, 0.6) is 11.6 Å². The molecular formula is C31H52N2O3Si. The predicted octanol–water partition coefficient (Wildman–Crippen LogP) is 8.03. The largest absolute Gasteiger partial charge is 0.543 e. The van der Waals surface area contributed by atoms with Gasteiger partial charge in [-0.2, -0.15) is 4.98 Å². The van der Waals surface area contributed by atoms with Gasteiger partial charge in [0.05, 0.1) is 12.3 Å². The van der Waals surface area contributed by atoms with Crippen molar-refractivity contribution in [2.24, 2.45) is 0 Å². The Bertz CT molecular complexity index is 972. The van der Waals surface area contributed by atoms with Gasteiger partial charge in [-0.05, 0) is 67.4 Å². The van der Waals surface area contributed by atoms with Crippen LogP contribution in [0.25, 0.3) is 0 Å². The molecule has 0 fully saturated rings. The summed E-state index contributed by atoms with van der Waals surface area (Å²) in [5.74, 6) is 2.60. The van der Waals surface area contributed by atoms with E-state index in [0.29, 0.717) is 19.1 Å². The zero-order chi connectivity index (χ0) is 27.6. The monoisotopic (exact) mass is 528 g/mol. The van der Waals surface area contributed by atoms with Crippen molar-refractivity contribution in [3.8, 4) is 11.6 Å². The van der Waals surface area contributed by atoms with E-state index >= 15 is 0 Å². The van der Waals surface area contributed by atoms with Crippen molar-refractivity contribution >= 4 is 8.32 Å². The Morgan fingerprint density at radius 3 is 2.00 bits per heavy atom. The number of rotatable bonds is 15. The minimum atomic E-state index is -1.97. The summed E-state index contributed by atoms with van der Waals surface area (Å²) in [7, 11) is -0.273. The van der Waals surface area contributed by atoms with E-state index in [4.69, 9.17) is 23.9 Å². The van der Waals surface area contributed by atoms with Gasteiger partial charge in [-0.1, -0.05) is 72.9 Å². The van der Waals surface area contributed by atoms with Crippen molar-refractivity contribution in [2.75, 3.05) is 20.3 Å². The maximum absolute atomic E-state index is 7.00. The van der Waals surface area contributed by atoms with Crippen LogP contribution in [0.15, 0.2) is 12.1 Å². The molecule has 0 saturated heterocycles. The number of aryl methyl sites for hydroxylation is 4. The first-order valence-electron chi connectivity index (χ1n) is 14.3. The Morgan fingerprint density at radius 2 is 1.49 bits per heavy atom. The molecular weight excluding hydrogens is 476 g/mol. The van der Waals surface area contributed by atoms with Crippen LogP contribution < -0.4 is 9.16 Å². The number of nitrogens with zero attached hydrogens (tertiary/aromatic N) is 2. The number of aromatic nitrogens is 2. The smallest absolute Gasteiger partial charge is 0.250 e. The molecule has 5 nitrogen and oxygen atoms in total. The van der Waals surface area contributed by atoms with Crippen molar-refractivity contribution in [1.29, 1.82) is 0 Å². The number of unbranched alkanes of at least 4 members (excludes halogenated alkanes) is 1. The second kappa shape index (κ2) is 14.3. The third-order valence-electron chi connectivity index (χ3n) is 7.35. The maximum atomic E-state index is 7.00. The Kier molecular flexibility index (Phi) is 12.1. The first-order chi connectivity index (χ1) is 17.5. The highest BCUT2D eigenvalue weighted by molar-refractivity contribution is 6.74. The van der Waals surface area contributed by atoms with Gasteiger partial charge in [0.1, 0.15) is 18.2 Å². The fraction of sp³-hybridized carbons (Fsp3) is 0.677. The summed E-state index contributed by atoms with van der Waals surface area (Å²) in [6.07, 6.45) is 8.12. The van der Waals surface area contributed by atoms with E-state index in [-0.39, 0.29) is 5.04 Å². The molecule has 1 aromatic heterocycles. The third kappa shape index (κ3) is 8.81. The van der Waals surface area contributed by atoms with E-state index < -0.39 is 8.32 Å². The lowest BCUT2D eigenvalue weighted by molar-refractivity contribution is 0.143. The molecule has 1 aromatic carbocycles. The fourth-order valence-electron chi connectivity index (χ4n) is 4.28. The second-order valence-electron chi connectivity index (χ2n) is 11.7. The van der Waals surface area contributed by atoms with Crippen molar-refractivity contribution in [3.05, 3.63) is 45.9 Å². The van der Waals surface area contributed by atoms with E-state index in [1.807, 2.05) is 6.92 Å². The van der Waals surface area contributed by atoms with E-state index in [1.165, 1.54) is 16.7 Å². The SMILES string of the molecule is CCCCc1nc(C)nc(OCCOC)c1Cc1cc(CCC)c(O[Si](C)(C)C(C)(C)C)c(CCC)c1. The van der Waals surface area contributed by atoms with E-state index in [1.54, 1.807) is 7.11 Å². The molecule has 0 unspecified atom stereocenters. The highest BCUT2D eigenvalue weighted by Crippen LogP contribution is 2.40. The molecule has 1 heterocycles. The molecule has 0 aliphatic carbocycles. The van der Waals surface area contributed by atoms with E-state index in [9.17, 15) is 0 Å². The molecule has 2 rings (SSSR count). The quantitative estimate of drug-likeness (QED) is 0.173. The summed E-state index contributed by atoms with van der Waals surface area (Å²) in [5.41, 5.74) is 6.17. The molecule has 0 radical (unpaired) electrons. The molecule has 37 heavy (non-hydrogen) atoms. The van der Waals surface area contributed by atoms with Gasteiger partial charge in [-0.3, -0.25) is 0 Å². The summed E-state index contributed by atoms with van der Waals surface area (Å²) < 4.78 is 18.4. The van der Waals surface area contributed by atoms with Crippen molar-refractivity contribution in [1.82, 2.24) is 9.97 Å². The lowest BCUT2D eigenvalue weighted by atomic mass is 9.94. The summed E-state index contributed by atoms with van der Waals surface area (Å²) >= 11 is 0. The predicted molar refractivity (Wildman–Crippen MR) is 158 cm³/mol. The van der Waals surface area contributed by atoms with Crippen molar-refractivity contribution < 1.29 is 13.9 Å². The highest BCUT2D eigenvalue weighted by Gasteiger charge is 2.39. The van der Waals surface area contributed by atoms with Crippen LogP contribution in [0.1, 0.15) is 101 Å². The highest BCUT2D eigenvalue weighted by atomic mass is 28.4. The Balaban J connectivity index is 2.61. The van der Waals surface area contributed by atoms with Crippen molar-refractivity contribution in [3.63, 3.8) is 0 Å². The van der Waals surface area contributed by atoms with Crippen molar-refractivity contribution in [2.45, 2.75) is 118 Å². The second-order valence-corrected chi connectivity index (χ2v) is 16.5. The lowest BCUT2D eigenvalue weighted by Gasteiger charge is -2.38. The minimum absolute atomic E-state index is 0.153. The molecule has 2 aromatic rings. The average Bonchev–Trinajstić information content (AvgIpc) is 2.81. The Hall–Kier alpha value is -1.92. The van der Waals surface area contributed by atoms with Crippen LogP contribution in [-0.4, -0.2) is 38.6 Å². The van der Waals surface area contributed by atoms with Crippen LogP contribution in [-0.2, 0) is 30.4 Å². The normalized spacial score (nSPS) is 12.2. The number of ether oxygens (including phenoxy) is 2. The maximum Gasteiger partial charge on any atom is 0.250 e. The van der Waals surface area contributed by atoms with Crippen LogP contribution in [0, 0.1) is 6.92 Å². The van der Waals surface area contributed by atoms with Gasteiger partial charge in [-0.25, -0.2) is 4.98 Å². The molecule has 0 bridgehead atoms. The van der Waals surface area contributed by atoms with Gasteiger partial charge in [0, 0.05) is 19.1 Å². The average molecular weight is 529 g/mol. The van der Waals surface area contributed by atoms with Crippen LogP contribution in [0.4, 0.5) is 0 Å². The molecule has 0 amide bonds. The van der Waals surface area contributed by atoms with Crippen LogP contribution in [0.2, 0.25) is 18.1 Å². The first-order valence-corrected chi connectivity index (χ1v) is 17.2. The fourth-order valence-corrected chi connectivity index (χ4v) is 5.36. The van der Waals surface area contributed by atoms with E-state index in [0.717, 1.165) is 74.2 Å². The summed E-state index contributed by atoms with van der Waals surface area (Å²) in [6.45, 7) is 21.3. The number of methoxy groups -OCH3 is 1. The Morgan fingerprint density at radius 1 is 0.865 bits per heavy atom. The summed E-state index contributed by atoms with van der Waals surface area (Å²) in [6, 6.07) is 4.74. The van der Waals surface area contributed by atoms with E-state index in [2.05, 4.69) is 66.8 Å². The first kappa shape index (κ1) is 31.3. The Labute approximate surface area is 227 Å². The topological polar surface area (TPSA) is 53.5 Å².